The fourth-order valence-electron chi connectivity index (χ4n) is 3.03. The van der Waals surface area contributed by atoms with Crippen LogP contribution in [0.4, 0.5) is 4.79 Å². The Morgan fingerprint density at radius 1 is 1.23 bits per heavy atom. The zero-order valence-electron chi connectivity index (χ0n) is 14.0. The molecule has 0 spiro atoms. The van der Waals surface area contributed by atoms with Gasteiger partial charge in [0.05, 0.1) is 6.61 Å². The minimum Gasteiger partial charge on any atom is -0.494 e. The minimum absolute atomic E-state index is 0.0636. The second-order valence-corrected chi connectivity index (χ2v) is 6.60. The Kier molecular flexibility index (Phi) is 6.10. The summed E-state index contributed by atoms with van der Waals surface area (Å²) in [5.74, 6) is 2.08. The van der Waals surface area contributed by atoms with Crippen LogP contribution < -0.4 is 10.1 Å². The number of urea groups is 1. The Bertz CT molecular complexity index is 462. The minimum atomic E-state index is 0.0636. The van der Waals surface area contributed by atoms with Crippen LogP contribution in [-0.2, 0) is 0 Å². The molecule has 0 saturated carbocycles. The molecule has 1 aliphatic heterocycles. The van der Waals surface area contributed by atoms with Crippen LogP contribution in [0, 0.1) is 18.8 Å². The zero-order valence-corrected chi connectivity index (χ0v) is 14.0. The first-order chi connectivity index (χ1) is 10.5. The van der Waals surface area contributed by atoms with Gasteiger partial charge in [-0.25, -0.2) is 4.79 Å². The molecule has 2 atom stereocenters. The van der Waals surface area contributed by atoms with Gasteiger partial charge in [-0.2, -0.15) is 0 Å². The molecule has 22 heavy (non-hydrogen) atoms. The van der Waals surface area contributed by atoms with E-state index in [0.717, 1.165) is 25.3 Å². The molecule has 1 aliphatic rings. The maximum Gasteiger partial charge on any atom is 0.317 e. The van der Waals surface area contributed by atoms with Gasteiger partial charge in [-0.1, -0.05) is 31.5 Å². The van der Waals surface area contributed by atoms with E-state index in [9.17, 15) is 4.79 Å². The fourth-order valence-corrected chi connectivity index (χ4v) is 3.03. The molecule has 2 amide bonds. The van der Waals surface area contributed by atoms with Gasteiger partial charge in [0, 0.05) is 19.6 Å². The van der Waals surface area contributed by atoms with Gasteiger partial charge >= 0.3 is 6.03 Å². The zero-order chi connectivity index (χ0) is 15.9. The second kappa shape index (κ2) is 8.06. The number of hydrogen-bond acceptors (Lipinski definition) is 2. The van der Waals surface area contributed by atoms with Crippen molar-refractivity contribution in [2.24, 2.45) is 11.8 Å². The van der Waals surface area contributed by atoms with E-state index in [1.165, 1.54) is 12.0 Å². The smallest absolute Gasteiger partial charge is 0.317 e. The predicted molar refractivity (Wildman–Crippen MR) is 89.2 cm³/mol. The standard InChI is InChI=1S/C18H28N2O2/c1-14-5-7-17(8-6-14)22-10-4-9-19-18(21)20-12-15(2)11-16(3)13-20/h5-8,15-16H,4,9-13H2,1-3H3,(H,19,21). The summed E-state index contributed by atoms with van der Waals surface area (Å²) in [6.07, 6.45) is 2.03. The molecule has 2 rings (SSSR count). The number of amides is 2. The number of likely N-dealkylation sites (tertiary alicyclic amines) is 1. The third-order valence-electron chi connectivity index (χ3n) is 4.04. The highest BCUT2D eigenvalue weighted by Gasteiger charge is 2.24. The molecule has 2 unspecified atom stereocenters. The summed E-state index contributed by atoms with van der Waals surface area (Å²) in [5.41, 5.74) is 1.23. The van der Waals surface area contributed by atoms with Gasteiger partial charge in [-0.05, 0) is 43.7 Å². The molecule has 1 N–H and O–H groups in total. The topological polar surface area (TPSA) is 41.6 Å². The highest BCUT2D eigenvalue weighted by Crippen LogP contribution is 2.20. The lowest BCUT2D eigenvalue weighted by atomic mass is 9.92. The molecule has 122 valence electrons. The third kappa shape index (κ3) is 5.24. The Morgan fingerprint density at radius 2 is 1.86 bits per heavy atom. The van der Waals surface area contributed by atoms with Crippen LogP contribution in [0.5, 0.6) is 5.75 Å². The van der Waals surface area contributed by atoms with E-state index in [4.69, 9.17) is 4.74 Å². The summed E-state index contributed by atoms with van der Waals surface area (Å²) < 4.78 is 5.66. The van der Waals surface area contributed by atoms with Crippen molar-refractivity contribution in [3.63, 3.8) is 0 Å². The summed E-state index contributed by atoms with van der Waals surface area (Å²) in [6.45, 7) is 9.50. The van der Waals surface area contributed by atoms with Crippen LogP contribution in [0.3, 0.4) is 0 Å². The van der Waals surface area contributed by atoms with Gasteiger partial charge in [-0.3, -0.25) is 0 Å². The average Bonchev–Trinajstić information content (AvgIpc) is 2.47. The van der Waals surface area contributed by atoms with Crippen molar-refractivity contribution in [2.45, 2.75) is 33.6 Å². The molecule has 0 radical (unpaired) electrons. The van der Waals surface area contributed by atoms with Gasteiger partial charge in [0.25, 0.3) is 0 Å². The summed E-state index contributed by atoms with van der Waals surface area (Å²) in [5, 5.41) is 3.00. The molecule has 1 saturated heterocycles. The lowest BCUT2D eigenvalue weighted by Crippen LogP contribution is -2.47. The maximum atomic E-state index is 12.1. The van der Waals surface area contributed by atoms with Crippen molar-refractivity contribution in [2.75, 3.05) is 26.2 Å². The number of hydrogen-bond donors (Lipinski definition) is 1. The SMILES string of the molecule is Cc1ccc(OCCCNC(=O)N2CC(C)CC(C)C2)cc1. The van der Waals surface area contributed by atoms with Crippen molar-refractivity contribution in [3.05, 3.63) is 29.8 Å². The van der Waals surface area contributed by atoms with E-state index in [1.54, 1.807) is 0 Å². The lowest BCUT2D eigenvalue weighted by molar-refractivity contribution is 0.145. The largest absolute Gasteiger partial charge is 0.494 e. The number of benzene rings is 1. The Morgan fingerprint density at radius 3 is 2.50 bits per heavy atom. The molecule has 4 heteroatoms. The monoisotopic (exact) mass is 304 g/mol. The number of ether oxygens (including phenoxy) is 1. The molecule has 1 aromatic rings. The number of carbonyl (C=O) groups is 1. The number of aryl methyl sites for hydroxylation is 1. The van der Waals surface area contributed by atoms with Crippen LogP contribution in [0.2, 0.25) is 0 Å². The van der Waals surface area contributed by atoms with Crippen LogP contribution in [0.1, 0.15) is 32.3 Å². The molecular weight excluding hydrogens is 276 g/mol. The van der Waals surface area contributed by atoms with Crippen molar-refractivity contribution in [3.8, 4) is 5.75 Å². The van der Waals surface area contributed by atoms with Crippen molar-refractivity contribution >= 4 is 6.03 Å². The molecule has 4 nitrogen and oxygen atoms in total. The number of piperidine rings is 1. The number of carbonyl (C=O) groups excluding carboxylic acids is 1. The van der Waals surface area contributed by atoms with Gasteiger partial charge in [-0.15, -0.1) is 0 Å². The second-order valence-electron chi connectivity index (χ2n) is 6.60. The Balaban J connectivity index is 1.62. The lowest BCUT2D eigenvalue weighted by Gasteiger charge is -2.34. The summed E-state index contributed by atoms with van der Waals surface area (Å²) >= 11 is 0. The number of nitrogens with one attached hydrogen (secondary N) is 1. The first-order valence-electron chi connectivity index (χ1n) is 8.27. The molecule has 0 aliphatic carbocycles. The Labute approximate surface area is 133 Å². The van der Waals surface area contributed by atoms with E-state index in [-0.39, 0.29) is 6.03 Å². The number of nitrogens with zero attached hydrogens (tertiary/aromatic N) is 1. The summed E-state index contributed by atoms with van der Waals surface area (Å²) in [7, 11) is 0. The molecule has 0 bridgehead atoms. The molecule has 0 aromatic heterocycles. The molecular formula is C18H28N2O2. The highest BCUT2D eigenvalue weighted by molar-refractivity contribution is 5.74. The van der Waals surface area contributed by atoms with Crippen molar-refractivity contribution in [1.82, 2.24) is 10.2 Å². The van der Waals surface area contributed by atoms with E-state index in [1.807, 2.05) is 29.2 Å². The third-order valence-corrected chi connectivity index (χ3v) is 4.04. The molecule has 1 fully saturated rings. The van der Waals surface area contributed by atoms with Gasteiger partial charge in [0.15, 0.2) is 0 Å². The van der Waals surface area contributed by atoms with E-state index >= 15 is 0 Å². The van der Waals surface area contributed by atoms with Gasteiger partial charge in [0.2, 0.25) is 0 Å². The van der Waals surface area contributed by atoms with Crippen molar-refractivity contribution in [1.29, 1.82) is 0 Å². The van der Waals surface area contributed by atoms with Crippen molar-refractivity contribution < 1.29 is 9.53 Å². The van der Waals surface area contributed by atoms with E-state index in [2.05, 4.69) is 26.1 Å². The summed E-state index contributed by atoms with van der Waals surface area (Å²) in [6, 6.07) is 8.09. The highest BCUT2D eigenvalue weighted by atomic mass is 16.5. The average molecular weight is 304 g/mol. The first kappa shape index (κ1) is 16.7. The molecule has 1 aromatic carbocycles. The normalized spacial score (nSPS) is 21.5. The van der Waals surface area contributed by atoms with E-state index < -0.39 is 0 Å². The van der Waals surface area contributed by atoms with Gasteiger partial charge < -0.3 is 15.0 Å². The molecule has 1 heterocycles. The maximum absolute atomic E-state index is 12.1. The Hall–Kier alpha value is -1.71. The summed E-state index contributed by atoms with van der Waals surface area (Å²) in [4.78, 5) is 14.1. The van der Waals surface area contributed by atoms with Crippen LogP contribution >= 0.6 is 0 Å². The van der Waals surface area contributed by atoms with E-state index in [0.29, 0.717) is 25.0 Å². The quantitative estimate of drug-likeness (QED) is 0.847. The number of rotatable bonds is 5. The fraction of sp³-hybridized carbons (Fsp3) is 0.611. The van der Waals surface area contributed by atoms with Crippen LogP contribution in [0.15, 0.2) is 24.3 Å². The van der Waals surface area contributed by atoms with Crippen LogP contribution in [-0.4, -0.2) is 37.2 Å². The first-order valence-corrected chi connectivity index (χ1v) is 8.27. The predicted octanol–water partition coefficient (Wildman–Crippen LogP) is 3.45. The van der Waals surface area contributed by atoms with Gasteiger partial charge in [0.1, 0.15) is 5.75 Å². The van der Waals surface area contributed by atoms with Crippen LogP contribution in [0.25, 0.3) is 0 Å².